The van der Waals surface area contributed by atoms with Crippen LogP contribution in [0.3, 0.4) is 0 Å². The number of halogens is 1. The second-order valence-electron chi connectivity index (χ2n) is 12.3. The summed E-state index contributed by atoms with van der Waals surface area (Å²) in [4.78, 5) is 35.9. The summed E-state index contributed by atoms with van der Waals surface area (Å²) < 4.78 is 27.6. The Hall–Kier alpha value is -3.89. The van der Waals surface area contributed by atoms with Crippen LogP contribution in [0.5, 0.6) is 0 Å². The van der Waals surface area contributed by atoms with Gasteiger partial charge in [0.2, 0.25) is 0 Å². The van der Waals surface area contributed by atoms with Gasteiger partial charge in [0.15, 0.2) is 0 Å². The van der Waals surface area contributed by atoms with Crippen molar-refractivity contribution < 1.29 is 18.7 Å². The summed E-state index contributed by atoms with van der Waals surface area (Å²) in [7, 11) is 0. The number of rotatable bonds is 5. The first-order valence-corrected chi connectivity index (χ1v) is 15.9. The van der Waals surface area contributed by atoms with Crippen LogP contribution in [0, 0.1) is 12.7 Å². The predicted octanol–water partition coefficient (Wildman–Crippen LogP) is 6.26. The van der Waals surface area contributed by atoms with Gasteiger partial charge < -0.3 is 19.3 Å². The molecule has 44 heavy (non-hydrogen) atoms. The summed E-state index contributed by atoms with van der Waals surface area (Å²) in [6.07, 6.45) is -0.559. The van der Waals surface area contributed by atoms with E-state index in [1.165, 1.54) is 12.1 Å². The number of benzene rings is 3. The molecule has 0 spiro atoms. The molecule has 0 bridgehead atoms. The average Bonchev–Trinajstić information content (AvgIpc) is 3.19. The van der Waals surface area contributed by atoms with Crippen LogP contribution in [0.2, 0.25) is 0 Å². The van der Waals surface area contributed by atoms with Crippen molar-refractivity contribution in [1.82, 2.24) is 14.5 Å². The van der Waals surface area contributed by atoms with E-state index in [1.54, 1.807) is 33.4 Å². The van der Waals surface area contributed by atoms with Crippen LogP contribution in [0.1, 0.15) is 31.9 Å². The van der Waals surface area contributed by atoms with Crippen LogP contribution in [-0.2, 0) is 22.6 Å². The van der Waals surface area contributed by atoms with Crippen LogP contribution in [0.4, 0.5) is 15.0 Å². The molecule has 10 heteroatoms. The lowest BCUT2D eigenvalue weighted by Gasteiger charge is -2.36. The number of anilines is 1. The van der Waals surface area contributed by atoms with Crippen LogP contribution in [0.25, 0.3) is 22.0 Å². The zero-order valence-electron chi connectivity index (χ0n) is 25.5. The van der Waals surface area contributed by atoms with Crippen molar-refractivity contribution in [3.8, 4) is 11.1 Å². The van der Waals surface area contributed by atoms with E-state index in [-0.39, 0.29) is 23.7 Å². The smallest absolute Gasteiger partial charge is 0.410 e. The second-order valence-corrected chi connectivity index (χ2v) is 13.3. The van der Waals surface area contributed by atoms with Crippen molar-refractivity contribution in [2.45, 2.75) is 57.4 Å². The fraction of sp³-hybridized carbons (Fsp3) is 0.382. The van der Waals surface area contributed by atoms with E-state index < -0.39 is 5.60 Å². The van der Waals surface area contributed by atoms with Crippen molar-refractivity contribution in [2.75, 3.05) is 36.8 Å². The third-order valence-corrected chi connectivity index (χ3v) is 9.11. The summed E-state index contributed by atoms with van der Waals surface area (Å²) in [5.74, 6) is 0.961. The monoisotopic (exact) mass is 616 g/mol. The minimum absolute atomic E-state index is 0.222. The third kappa shape index (κ3) is 6.32. The van der Waals surface area contributed by atoms with Gasteiger partial charge in [-0.15, -0.1) is 11.8 Å². The first-order valence-electron chi connectivity index (χ1n) is 14.9. The molecule has 0 aliphatic carbocycles. The highest BCUT2D eigenvalue weighted by Gasteiger charge is 2.31. The molecule has 1 fully saturated rings. The molecule has 2 aliphatic heterocycles. The molecule has 0 N–H and O–H groups in total. The number of nitrogens with zero attached hydrogens (tertiary/aromatic N) is 4. The number of aryl methyl sites for hydroxylation is 1. The van der Waals surface area contributed by atoms with Gasteiger partial charge >= 0.3 is 11.8 Å². The molecular formula is C34H37FN4O4S. The first-order chi connectivity index (χ1) is 21.1. The Morgan fingerprint density at radius 3 is 2.43 bits per heavy atom. The molecule has 0 unspecified atom stereocenters. The van der Waals surface area contributed by atoms with Crippen LogP contribution in [0.15, 0.2) is 70.4 Å². The molecule has 4 aromatic rings. The highest BCUT2D eigenvalue weighted by Crippen LogP contribution is 2.43. The number of carbonyl (C=O) groups excluding carboxylic acids is 1. The Morgan fingerprint density at radius 2 is 1.75 bits per heavy atom. The fourth-order valence-corrected chi connectivity index (χ4v) is 7.13. The number of carbonyl (C=O) groups is 1. The quantitative estimate of drug-likeness (QED) is 0.262. The molecule has 1 aromatic heterocycles. The molecule has 3 heterocycles. The average molecular weight is 617 g/mol. The number of amides is 1. The van der Waals surface area contributed by atoms with Crippen molar-refractivity contribution in [3.05, 3.63) is 88.1 Å². The van der Waals surface area contributed by atoms with E-state index in [1.807, 2.05) is 58.0 Å². The summed E-state index contributed by atoms with van der Waals surface area (Å²) >= 11 is 1.66. The van der Waals surface area contributed by atoms with Gasteiger partial charge in [0.1, 0.15) is 17.2 Å². The Morgan fingerprint density at radius 1 is 1.05 bits per heavy atom. The van der Waals surface area contributed by atoms with Crippen molar-refractivity contribution in [3.63, 3.8) is 0 Å². The lowest BCUT2D eigenvalue weighted by atomic mass is 9.97. The molecule has 3 aromatic carbocycles. The fourth-order valence-electron chi connectivity index (χ4n) is 5.80. The van der Waals surface area contributed by atoms with Crippen molar-refractivity contribution >= 4 is 34.6 Å². The molecule has 1 saturated heterocycles. The number of ether oxygens (including phenoxy) is 2. The standard InChI is InChI=1S/C34H37FN4O4S/c1-22-18-27-29-30(28(22)24-10-12-25(35)13-11-24)44-21-26(42-20-23-8-6-5-7-9-23)19-39(29)32(40)36-31(27)37-14-16-38(17-15-37)33(41)43-34(2,3)4/h5-13,18,26H,14-17,19-21H2,1-4H3/t26-/m1/s1. The number of thioether (sulfide) groups is 1. The number of aromatic nitrogens is 2. The molecule has 2 aliphatic rings. The lowest BCUT2D eigenvalue weighted by molar-refractivity contribution is 0.0240. The highest BCUT2D eigenvalue weighted by molar-refractivity contribution is 7.99. The molecular weight excluding hydrogens is 579 g/mol. The molecule has 1 amide bonds. The Bertz CT molecular complexity index is 1730. The summed E-state index contributed by atoms with van der Waals surface area (Å²) in [5.41, 5.74) is 3.85. The topological polar surface area (TPSA) is 76.9 Å². The molecule has 230 valence electrons. The van der Waals surface area contributed by atoms with Gasteiger partial charge in [0, 0.05) is 47.8 Å². The molecule has 1 atom stereocenters. The van der Waals surface area contributed by atoms with Crippen molar-refractivity contribution in [2.24, 2.45) is 0 Å². The molecule has 8 nitrogen and oxygen atoms in total. The van der Waals surface area contributed by atoms with Crippen LogP contribution in [-0.4, -0.2) is 64.2 Å². The van der Waals surface area contributed by atoms with Crippen LogP contribution < -0.4 is 10.6 Å². The van der Waals surface area contributed by atoms with E-state index in [2.05, 4.69) is 16.0 Å². The summed E-state index contributed by atoms with van der Waals surface area (Å²) in [5, 5.41) is 0.880. The van der Waals surface area contributed by atoms with E-state index >= 15 is 0 Å². The normalized spacial score (nSPS) is 17.1. The van der Waals surface area contributed by atoms with Crippen molar-refractivity contribution in [1.29, 1.82) is 0 Å². The Labute approximate surface area is 260 Å². The SMILES string of the molecule is Cc1cc2c(N3CCN(C(=O)OC(C)(C)C)CC3)nc(=O)n3c2c(c1-c1ccc(F)cc1)SC[C@H](OCc1ccccc1)C3. The van der Waals surface area contributed by atoms with Gasteiger partial charge in [0.05, 0.1) is 24.8 Å². The maximum atomic E-state index is 13.9. The minimum Gasteiger partial charge on any atom is -0.444 e. The Kier molecular flexibility index (Phi) is 8.39. The highest BCUT2D eigenvalue weighted by atomic mass is 32.2. The molecule has 6 rings (SSSR count). The summed E-state index contributed by atoms with van der Waals surface area (Å²) in [6, 6.07) is 18.6. The maximum absolute atomic E-state index is 13.9. The number of piperazine rings is 1. The first kappa shape index (κ1) is 30.1. The lowest BCUT2D eigenvalue weighted by Crippen LogP contribution is -2.50. The minimum atomic E-state index is -0.570. The summed E-state index contributed by atoms with van der Waals surface area (Å²) in [6.45, 7) is 10.4. The van der Waals surface area contributed by atoms with E-state index in [0.717, 1.165) is 38.1 Å². The number of hydrogen-bond donors (Lipinski definition) is 0. The largest absolute Gasteiger partial charge is 0.444 e. The van der Waals surface area contributed by atoms with E-state index in [4.69, 9.17) is 9.47 Å². The van der Waals surface area contributed by atoms with Gasteiger partial charge in [-0.05, 0) is 62.6 Å². The number of hydrogen-bond acceptors (Lipinski definition) is 7. The molecule has 0 saturated carbocycles. The second kappa shape index (κ2) is 12.2. The van der Waals surface area contributed by atoms with E-state index in [9.17, 15) is 14.0 Å². The van der Waals surface area contributed by atoms with Gasteiger partial charge in [-0.25, -0.2) is 14.0 Å². The molecule has 0 radical (unpaired) electrons. The maximum Gasteiger partial charge on any atom is 0.410 e. The Balaban J connectivity index is 1.39. The van der Waals surface area contributed by atoms with Gasteiger partial charge in [0.25, 0.3) is 0 Å². The van der Waals surface area contributed by atoms with Gasteiger partial charge in [-0.1, -0.05) is 42.5 Å². The zero-order chi connectivity index (χ0) is 31.0. The third-order valence-electron chi connectivity index (χ3n) is 7.89. The van der Waals surface area contributed by atoms with Crippen LogP contribution >= 0.6 is 11.8 Å². The zero-order valence-corrected chi connectivity index (χ0v) is 26.3. The van der Waals surface area contributed by atoms with Gasteiger partial charge in [-0.2, -0.15) is 4.98 Å². The van der Waals surface area contributed by atoms with Gasteiger partial charge in [-0.3, -0.25) is 4.57 Å². The predicted molar refractivity (Wildman–Crippen MR) is 172 cm³/mol. The van der Waals surface area contributed by atoms with E-state index in [0.29, 0.717) is 50.9 Å².